The van der Waals surface area contributed by atoms with Gasteiger partial charge in [0.15, 0.2) is 5.82 Å². The standard InChI is InChI=1S/C12H15FN4O2/c13-10-7-15-2-1-9(10)12(19)16-8-11(18)17-5-3-14-4-6-17/h1-2,7,14H,3-6,8H2,(H,16,19). The van der Waals surface area contributed by atoms with E-state index in [1.54, 1.807) is 4.90 Å². The molecule has 1 fully saturated rings. The highest BCUT2D eigenvalue weighted by Crippen LogP contribution is 2.03. The van der Waals surface area contributed by atoms with Gasteiger partial charge in [0.1, 0.15) is 0 Å². The van der Waals surface area contributed by atoms with Crippen molar-refractivity contribution in [1.29, 1.82) is 0 Å². The molecule has 0 aliphatic carbocycles. The third kappa shape index (κ3) is 3.47. The van der Waals surface area contributed by atoms with E-state index in [-0.39, 0.29) is 18.0 Å². The molecule has 0 aromatic carbocycles. The highest BCUT2D eigenvalue weighted by molar-refractivity contribution is 5.96. The van der Waals surface area contributed by atoms with Crippen LogP contribution in [0.5, 0.6) is 0 Å². The van der Waals surface area contributed by atoms with Gasteiger partial charge in [-0.15, -0.1) is 0 Å². The first-order valence-corrected chi connectivity index (χ1v) is 6.04. The summed E-state index contributed by atoms with van der Waals surface area (Å²) in [6.07, 6.45) is 2.29. The Morgan fingerprint density at radius 2 is 2.16 bits per heavy atom. The summed E-state index contributed by atoms with van der Waals surface area (Å²) in [6.45, 7) is 2.62. The van der Waals surface area contributed by atoms with Gasteiger partial charge in [-0.1, -0.05) is 0 Å². The molecule has 102 valence electrons. The average Bonchev–Trinajstić information content (AvgIpc) is 2.46. The quantitative estimate of drug-likeness (QED) is 0.765. The lowest BCUT2D eigenvalue weighted by Gasteiger charge is -2.27. The minimum Gasteiger partial charge on any atom is -0.343 e. The van der Waals surface area contributed by atoms with Crippen molar-refractivity contribution in [2.45, 2.75) is 0 Å². The maximum Gasteiger partial charge on any atom is 0.254 e. The topological polar surface area (TPSA) is 74.3 Å². The maximum absolute atomic E-state index is 13.3. The van der Waals surface area contributed by atoms with Crippen LogP contribution in [0.1, 0.15) is 10.4 Å². The number of aromatic nitrogens is 1. The van der Waals surface area contributed by atoms with Gasteiger partial charge in [-0.2, -0.15) is 0 Å². The molecule has 2 rings (SSSR count). The third-order valence-electron chi connectivity index (χ3n) is 2.89. The predicted octanol–water partition coefficient (Wildman–Crippen LogP) is -0.618. The molecule has 1 aromatic heterocycles. The third-order valence-corrected chi connectivity index (χ3v) is 2.89. The van der Waals surface area contributed by atoms with Crippen LogP contribution < -0.4 is 10.6 Å². The molecule has 2 N–H and O–H groups in total. The second-order valence-electron chi connectivity index (χ2n) is 4.17. The molecule has 0 atom stereocenters. The summed E-state index contributed by atoms with van der Waals surface area (Å²) in [4.78, 5) is 28.7. The Kier molecular flexibility index (Phi) is 4.40. The fourth-order valence-electron chi connectivity index (χ4n) is 1.84. The number of hydrogen-bond donors (Lipinski definition) is 2. The minimum atomic E-state index is -0.699. The Hall–Kier alpha value is -2.02. The molecule has 1 aliphatic heterocycles. The summed E-state index contributed by atoms with van der Waals surface area (Å²) in [7, 11) is 0. The molecule has 1 aromatic rings. The minimum absolute atomic E-state index is 0.108. The first kappa shape index (κ1) is 13.4. The number of rotatable bonds is 3. The zero-order chi connectivity index (χ0) is 13.7. The lowest BCUT2D eigenvalue weighted by molar-refractivity contribution is -0.130. The van der Waals surface area contributed by atoms with Gasteiger partial charge in [0.25, 0.3) is 5.91 Å². The number of carbonyl (C=O) groups excluding carboxylic acids is 2. The fraction of sp³-hybridized carbons (Fsp3) is 0.417. The number of amides is 2. The van der Waals surface area contributed by atoms with Gasteiger partial charge in [0, 0.05) is 32.4 Å². The number of nitrogens with one attached hydrogen (secondary N) is 2. The summed E-state index contributed by atoms with van der Waals surface area (Å²) in [5.74, 6) is -1.47. The van der Waals surface area contributed by atoms with E-state index in [4.69, 9.17) is 0 Å². The number of hydrogen-bond acceptors (Lipinski definition) is 4. The maximum atomic E-state index is 13.3. The SMILES string of the molecule is O=C(NCC(=O)N1CCNCC1)c1ccncc1F. The molecule has 0 spiro atoms. The van der Waals surface area contributed by atoms with Crippen molar-refractivity contribution >= 4 is 11.8 Å². The van der Waals surface area contributed by atoms with Crippen LogP contribution >= 0.6 is 0 Å². The zero-order valence-corrected chi connectivity index (χ0v) is 10.4. The Balaban J connectivity index is 1.86. The highest BCUT2D eigenvalue weighted by atomic mass is 19.1. The van der Waals surface area contributed by atoms with Gasteiger partial charge >= 0.3 is 0 Å². The fourth-order valence-corrected chi connectivity index (χ4v) is 1.84. The molecule has 2 heterocycles. The summed E-state index contributed by atoms with van der Waals surface area (Å²) in [5.41, 5.74) is -0.108. The predicted molar refractivity (Wildman–Crippen MR) is 66.0 cm³/mol. The molecule has 19 heavy (non-hydrogen) atoms. The number of halogens is 1. The first-order chi connectivity index (χ1) is 9.18. The molecule has 7 heteroatoms. The normalized spacial score (nSPS) is 15.1. The molecular formula is C12H15FN4O2. The van der Waals surface area contributed by atoms with Crippen molar-refractivity contribution in [3.05, 3.63) is 29.8 Å². The van der Waals surface area contributed by atoms with Crippen LogP contribution in [-0.4, -0.2) is 54.4 Å². The van der Waals surface area contributed by atoms with E-state index in [1.165, 1.54) is 12.3 Å². The summed E-state index contributed by atoms with van der Waals surface area (Å²) in [6, 6.07) is 1.28. The lowest BCUT2D eigenvalue weighted by atomic mass is 10.2. The van der Waals surface area contributed by atoms with E-state index in [0.717, 1.165) is 19.3 Å². The molecule has 0 radical (unpaired) electrons. The summed E-state index contributed by atoms with van der Waals surface area (Å²) < 4.78 is 13.3. The Morgan fingerprint density at radius 1 is 1.42 bits per heavy atom. The highest BCUT2D eigenvalue weighted by Gasteiger charge is 2.18. The average molecular weight is 266 g/mol. The van der Waals surface area contributed by atoms with Gasteiger partial charge < -0.3 is 15.5 Å². The van der Waals surface area contributed by atoms with Gasteiger partial charge in [0.2, 0.25) is 5.91 Å². The number of carbonyl (C=O) groups is 2. The number of pyridine rings is 1. The van der Waals surface area contributed by atoms with Crippen molar-refractivity contribution in [3.63, 3.8) is 0 Å². The number of piperazine rings is 1. The van der Waals surface area contributed by atoms with E-state index in [2.05, 4.69) is 15.6 Å². The van der Waals surface area contributed by atoms with Crippen LogP contribution in [0.2, 0.25) is 0 Å². The molecule has 0 unspecified atom stereocenters. The molecule has 6 nitrogen and oxygen atoms in total. The van der Waals surface area contributed by atoms with Gasteiger partial charge in [-0.3, -0.25) is 14.6 Å². The Labute approximate surface area is 110 Å². The molecule has 2 amide bonds. The Bertz CT molecular complexity index is 475. The summed E-state index contributed by atoms with van der Waals surface area (Å²) >= 11 is 0. The van der Waals surface area contributed by atoms with E-state index < -0.39 is 11.7 Å². The van der Waals surface area contributed by atoms with Crippen LogP contribution in [-0.2, 0) is 4.79 Å². The van der Waals surface area contributed by atoms with E-state index >= 15 is 0 Å². The molecule has 0 saturated carbocycles. The van der Waals surface area contributed by atoms with Crippen LogP contribution in [0.15, 0.2) is 18.5 Å². The van der Waals surface area contributed by atoms with E-state index in [1.807, 2.05) is 0 Å². The second-order valence-corrected chi connectivity index (χ2v) is 4.17. The smallest absolute Gasteiger partial charge is 0.254 e. The molecule has 1 aliphatic rings. The second kappa shape index (κ2) is 6.24. The van der Waals surface area contributed by atoms with Crippen molar-refractivity contribution in [2.75, 3.05) is 32.7 Å². The number of nitrogens with zero attached hydrogens (tertiary/aromatic N) is 2. The van der Waals surface area contributed by atoms with Crippen LogP contribution in [0.3, 0.4) is 0 Å². The van der Waals surface area contributed by atoms with E-state index in [0.29, 0.717) is 13.1 Å². The lowest BCUT2D eigenvalue weighted by Crippen LogP contribution is -2.49. The monoisotopic (exact) mass is 266 g/mol. The van der Waals surface area contributed by atoms with Gasteiger partial charge in [0.05, 0.1) is 18.3 Å². The molecule has 1 saturated heterocycles. The largest absolute Gasteiger partial charge is 0.343 e. The van der Waals surface area contributed by atoms with Gasteiger partial charge in [-0.25, -0.2) is 4.39 Å². The van der Waals surface area contributed by atoms with Crippen molar-refractivity contribution in [2.24, 2.45) is 0 Å². The van der Waals surface area contributed by atoms with Crippen molar-refractivity contribution < 1.29 is 14.0 Å². The van der Waals surface area contributed by atoms with Crippen molar-refractivity contribution in [3.8, 4) is 0 Å². The zero-order valence-electron chi connectivity index (χ0n) is 10.4. The van der Waals surface area contributed by atoms with Crippen molar-refractivity contribution in [1.82, 2.24) is 20.5 Å². The molecule has 0 bridgehead atoms. The van der Waals surface area contributed by atoms with Crippen LogP contribution in [0.4, 0.5) is 4.39 Å². The Morgan fingerprint density at radius 3 is 2.84 bits per heavy atom. The van der Waals surface area contributed by atoms with E-state index in [9.17, 15) is 14.0 Å². The van der Waals surface area contributed by atoms with Crippen LogP contribution in [0.25, 0.3) is 0 Å². The van der Waals surface area contributed by atoms with Crippen LogP contribution in [0, 0.1) is 5.82 Å². The summed E-state index contributed by atoms with van der Waals surface area (Å²) in [5, 5.41) is 5.55. The first-order valence-electron chi connectivity index (χ1n) is 6.04. The molecular weight excluding hydrogens is 251 g/mol. The van der Waals surface area contributed by atoms with Gasteiger partial charge in [-0.05, 0) is 6.07 Å².